The third-order valence-corrected chi connectivity index (χ3v) is 4.91. The topological polar surface area (TPSA) is 49.4 Å². The summed E-state index contributed by atoms with van der Waals surface area (Å²) in [6.07, 6.45) is 3.75. The number of likely N-dealkylation sites (tertiary alicyclic amines) is 1. The first-order valence-corrected chi connectivity index (χ1v) is 9.02. The molecule has 0 radical (unpaired) electrons. The summed E-state index contributed by atoms with van der Waals surface area (Å²) in [6, 6.07) is 4.33. The van der Waals surface area contributed by atoms with Gasteiger partial charge in [0.1, 0.15) is 0 Å². The maximum Gasteiger partial charge on any atom is 0.222 e. The molecular formula is C17H26N2O2S. The van der Waals surface area contributed by atoms with Gasteiger partial charge in [-0.1, -0.05) is 19.9 Å². The quantitative estimate of drug-likeness (QED) is 0.875. The molecule has 1 fully saturated rings. The minimum absolute atomic E-state index is 0.137. The van der Waals surface area contributed by atoms with E-state index in [4.69, 9.17) is 0 Å². The van der Waals surface area contributed by atoms with E-state index in [0.717, 1.165) is 32.4 Å². The van der Waals surface area contributed by atoms with E-state index < -0.39 is 0 Å². The maximum absolute atomic E-state index is 12.2. The van der Waals surface area contributed by atoms with Crippen LogP contribution in [0.4, 0.5) is 0 Å². The molecule has 1 aliphatic heterocycles. The van der Waals surface area contributed by atoms with Crippen LogP contribution in [-0.2, 0) is 16.0 Å². The third kappa shape index (κ3) is 5.44. The molecule has 0 saturated carbocycles. The van der Waals surface area contributed by atoms with Gasteiger partial charge in [-0.05, 0) is 36.6 Å². The number of carbonyl (C=O) groups is 2. The van der Waals surface area contributed by atoms with Crippen molar-refractivity contribution in [2.45, 2.75) is 52.0 Å². The molecule has 4 nitrogen and oxygen atoms in total. The van der Waals surface area contributed by atoms with E-state index in [9.17, 15) is 9.59 Å². The summed E-state index contributed by atoms with van der Waals surface area (Å²) in [4.78, 5) is 27.2. The standard InChI is InChI=1S/C17H26N2O2S/c1-13(2)12-16(20)18-14-7-9-19(10-8-14)17(21)6-5-15-4-3-11-22-15/h3-4,11,13-14H,5-10,12H2,1-2H3,(H,18,20). The molecule has 0 aromatic carbocycles. The van der Waals surface area contributed by atoms with Crippen LogP contribution in [0.1, 0.15) is 44.4 Å². The van der Waals surface area contributed by atoms with Crippen molar-refractivity contribution in [1.29, 1.82) is 0 Å². The molecule has 0 spiro atoms. The summed E-state index contributed by atoms with van der Waals surface area (Å²) in [5, 5.41) is 5.14. The Morgan fingerprint density at radius 3 is 2.68 bits per heavy atom. The lowest BCUT2D eigenvalue weighted by Crippen LogP contribution is -2.46. The van der Waals surface area contributed by atoms with E-state index in [-0.39, 0.29) is 17.9 Å². The van der Waals surface area contributed by atoms with E-state index in [1.807, 2.05) is 16.3 Å². The van der Waals surface area contributed by atoms with E-state index in [2.05, 4.69) is 25.2 Å². The molecule has 2 amide bonds. The van der Waals surface area contributed by atoms with Crippen molar-refractivity contribution >= 4 is 23.2 Å². The largest absolute Gasteiger partial charge is 0.353 e. The van der Waals surface area contributed by atoms with Crippen LogP contribution in [0.25, 0.3) is 0 Å². The van der Waals surface area contributed by atoms with Crippen molar-refractivity contribution in [1.82, 2.24) is 10.2 Å². The van der Waals surface area contributed by atoms with Gasteiger partial charge in [-0.2, -0.15) is 0 Å². The second-order valence-electron chi connectivity index (χ2n) is 6.40. The Morgan fingerprint density at radius 2 is 2.09 bits per heavy atom. The summed E-state index contributed by atoms with van der Waals surface area (Å²) < 4.78 is 0. The highest BCUT2D eigenvalue weighted by molar-refractivity contribution is 7.09. The molecule has 0 atom stereocenters. The van der Waals surface area contributed by atoms with E-state index >= 15 is 0 Å². The molecule has 2 heterocycles. The molecule has 122 valence electrons. The molecule has 0 unspecified atom stereocenters. The fourth-order valence-electron chi connectivity index (χ4n) is 2.77. The molecule has 1 aliphatic rings. The minimum atomic E-state index is 0.137. The number of thiophene rings is 1. The molecule has 0 aliphatic carbocycles. The van der Waals surface area contributed by atoms with E-state index in [1.54, 1.807) is 11.3 Å². The number of piperidine rings is 1. The summed E-state index contributed by atoms with van der Waals surface area (Å²) in [7, 11) is 0. The van der Waals surface area contributed by atoms with Gasteiger partial charge in [0.15, 0.2) is 0 Å². The first-order valence-electron chi connectivity index (χ1n) is 8.14. The van der Waals surface area contributed by atoms with Gasteiger partial charge in [-0.3, -0.25) is 9.59 Å². The molecule has 1 aromatic rings. The van der Waals surface area contributed by atoms with Gasteiger partial charge in [0.2, 0.25) is 11.8 Å². The zero-order valence-electron chi connectivity index (χ0n) is 13.5. The number of nitrogens with zero attached hydrogens (tertiary/aromatic N) is 1. The summed E-state index contributed by atoms with van der Waals surface area (Å²) in [5.74, 6) is 0.761. The van der Waals surface area contributed by atoms with Gasteiger partial charge >= 0.3 is 0 Å². The van der Waals surface area contributed by atoms with Crippen molar-refractivity contribution in [3.63, 3.8) is 0 Å². The lowest BCUT2D eigenvalue weighted by Gasteiger charge is -2.32. The number of rotatable bonds is 6. The number of aryl methyl sites for hydroxylation is 1. The molecule has 0 bridgehead atoms. The first-order chi connectivity index (χ1) is 10.5. The smallest absolute Gasteiger partial charge is 0.222 e. The Balaban J connectivity index is 1.67. The highest BCUT2D eigenvalue weighted by atomic mass is 32.1. The third-order valence-electron chi connectivity index (χ3n) is 3.97. The Morgan fingerprint density at radius 1 is 1.36 bits per heavy atom. The minimum Gasteiger partial charge on any atom is -0.353 e. The van der Waals surface area contributed by atoms with Crippen LogP contribution < -0.4 is 5.32 Å². The van der Waals surface area contributed by atoms with E-state index in [1.165, 1.54) is 4.88 Å². The zero-order chi connectivity index (χ0) is 15.9. The van der Waals surface area contributed by atoms with Crippen LogP contribution in [0, 0.1) is 5.92 Å². The second kappa shape index (κ2) is 8.32. The average molecular weight is 322 g/mol. The molecule has 2 rings (SSSR count). The number of amides is 2. The van der Waals surface area contributed by atoms with Gasteiger partial charge in [0.05, 0.1) is 0 Å². The van der Waals surface area contributed by atoms with Crippen LogP contribution in [0.5, 0.6) is 0 Å². The van der Waals surface area contributed by atoms with Crippen LogP contribution in [0.15, 0.2) is 17.5 Å². The Kier molecular flexibility index (Phi) is 6.43. The van der Waals surface area contributed by atoms with Crippen molar-refractivity contribution in [3.05, 3.63) is 22.4 Å². The van der Waals surface area contributed by atoms with Gasteiger partial charge in [-0.25, -0.2) is 0 Å². The van der Waals surface area contributed by atoms with Crippen LogP contribution in [-0.4, -0.2) is 35.8 Å². The molecule has 5 heteroatoms. The second-order valence-corrected chi connectivity index (χ2v) is 7.43. The number of nitrogens with one attached hydrogen (secondary N) is 1. The van der Waals surface area contributed by atoms with Crippen molar-refractivity contribution < 1.29 is 9.59 Å². The highest BCUT2D eigenvalue weighted by Gasteiger charge is 2.23. The van der Waals surface area contributed by atoms with Crippen molar-refractivity contribution in [2.75, 3.05) is 13.1 Å². The fraction of sp³-hybridized carbons (Fsp3) is 0.647. The Bertz CT molecular complexity index is 477. The van der Waals surface area contributed by atoms with Gasteiger partial charge in [0, 0.05) is 36.9 Å². The summed E-state index contributed by atoms with van der Waals surface area (Å²) in [6.45, 7) is 5.62. The number of carbonyl (C=O) groups excluding carboxylic acids is 2. The predicted octanol–water partition coefficient (Wildman–Crippen LogP) is 2.83. The summed E-state index contributed by atoms with van der Waals surface area (Å²) in [5.41, 5.74) is 0. The summed E-state index contributed by atoms with van der Waals surface area (Å²) >= 11 is 1.71. The SMILES string of the molecule is CC(C)CC(=O)NC1CCN(C(=O)CCc2cccs2)CC1. The van der Waals surface area contributed by atoms with Crippen LogP contribution >= 0.6 is 11.3 Å². The number of hydrogen-bond acceptors (Lipinski definition) is 3. The molecule has 1 N–H and O–H groups in total. The monoisotopic (exact) mass is 322 g/mol. The van der Waals surface area contributed by atoms with Gasteiger partial charge < -0.3 is 10.2 Å². The fourth-order valence-corrected chi connectivity index (χ4v) is 3.48. The maximum atomic E-state index is 12.2. The van der Waals surface area contributed by atoms with Gasteiger partial charge in [0.25, 0.3) is 0 Å². The molecule has 1 aromatic heterocycles. The van der Waals surface area contributed by atoms with Crippen LogP contribution in [0.3, 0.4) is 0 Å². The van der Waals surface area contributed by atoms with Gasteiger partial charge in [-0.15, -0.1) is 11.3 Å². The average Bonchev–Trinajstić information content (AvgIpc) is 2.98. The van der Waals surface area contributed by atoms with Crippen LogP contribution in [0.2, 0.25) is 0 Å². The van der Waals surface area contributed by atoms with Crippen molar-refractivity contribution in [2.24, 2.45) is 5.92 Å². The molecular weight excluding hydrogens is 296 g/mol. The highest BCUT2D eigenvalue weighted by Crippen LogP contribution is 2.15. The molecule has 22 heavy (non-hydrogen) atoms. The lowest BCUT2D eigenvalue weighted by atomic mass is 10.0. The molecule has 1 saturated heterocycles. The predicted molar refractivity (Wildman–Crippen MR) is 89.8 cm³/mol. The number of hydrogen-bond donors (Lipinski definition) is 1. The van der Waals surface area contributed by atoms with Crippen molar-refractivity contribution in [3.8, 4) is 0 Å². The Labute approximate surface area is 136 Å². The normalized spacial score (nSPS) is 16.0. The van der Waals surface area contributed by atoms with E-state index in [0.29, 0.717) is 18.8 Å². The zero-order valence-corrected chi connectivity index (χ0v) is 14.3. The first kappa shape index (κ1) is 17.0. The lowest BCUT2D eigenvalue weighted by molar-refractivity contribution is -0.132. The Hall–Kier alpha value is -1.36.